The molecule has 0 aliphatic rings. The minimum Gasteiger partial charge on any atom is -0.398 e. The fourth-order valence-corrected chi connectivity index (χ4v) is 1.69. The van der Waals surface area contributed by atoms with Gasteiger partial charge >= 0.3 is 0 Å². The van der Waals surface area contributed by atoms with Gasteiger partial charge in [0.25, 0.3) is 0 Å². The molecule has 0 amide bonds. The summed E-state index contributed by atoms with van der Waals surface area (Å²) in [6, 6.07) is 13.4. The van der Waals surface area contributed by atoms with Gasteiger partial charge in [-0.25, -0.2) is 0 Å². The monoisotopic (exact) mass is 213 g/mol. The molecule has 0 unspecified atom stereocenters. The van der Waals surface area contributed by atoms with E-state index in [0.29, 0.717) is 17.8 Å². The molecule has 0 aromatic heterocycles. The molecule has 0 spiro atoms. The van der Waals surface area contributed by atoms with E-state index in [0.717, 1.165) is 16.8 Å². The van der Waals surface area contributed by atoms with Gasteiger partial charge in [-0.3, -0.25) is 0 Å². The van der Waals surface area contributed by atoms with Gasteiger partial charge in [-0.2, -0.15) is 0 Å². The Bertz CT molecular complexity index is 506. The minimum atomic E-state index is 0.618. The molecule has 3 heteroatoms. The summed E-state index contributed by atoms with van der Waals surface area (Å²) in [5.41, 5.74) is 21.7. The highest BCUT2D eigenvalue weighted by atomic mass is 14.7. The summed E-state index contributed by atoms with van der Waals surface area (Å²) in [6.45, 7) is 0. The van der Waals surface area contributed by atoms with Gasteiger partial charge in [0.05, 0.1) is 11.4 Å². The van der Waals surface area contributed by atoms with E-state index in [1.807, 2.05) is 36.4 Å². The molecule has 0 aliphatic heterocycles. The lowest BCUT2D eigenvalue weighted by molar-refractivity contribution is 1.20. The summed E-state index contributed by atoms with van der Waals surface area (Å²) in [7, 11) is 0. The third kappa shape index (κ3) is 1.93. The summed E-state index contributed by atoms with van der Waals surface area (Å²) in [5.74, 6) is 0. The smallest absolute Gasteiger partial charge is 0.0583 e. The number of nitrogens with two attached hydrogens (primary N) is 3. The molecule has 2 aromatic carbocycles. The van der Waals surface area contributed by atoms with Crippen LogP contribution in [0.1, 0.15) is 11.1 Å². The topological polar surface area (TPSA) is 78.1 Å². The van der Waals surface area contributed by atoms with Crippen molar-refractivity contribution in [3.05, 3.63) is 53.6 Å². The van der Waals surface area contributed by atoms with Crippen molar-refractivity contribution in [2.45, 2.75) is 6.42 Å². The lowest BCUT2D eigenvalue weighted by Crippen LogP contribution is -2.02. The highest BCUT2D eigenvalue weighted by Gasteiger charge is 2.05. The number of benzene rings is 2. The van der Waals surface area contributed by atoms with Crippen molar-refractivity contribution in [2.24, 2.45) is 0 Å². The third-order valence-electron chi connectivity index (χ3n) is 2.67. The first-order valence-electron chi connectivity index (χ1n) is 5.14. The number of hydrogen-bond acceptors (Lipinski definition) is 3. The molecule has 0 saturated heterocycles. The number of para-hydroxylation sites is 2. The molecule has 0 radical (unpaired) electrons. The van der Waals surface area contributed by atoms with Crippen LogP contribution in [-0.4, -0.2) is 0 Å². The van der Waals surface area contributed by atoms with Crippen LogP contribution >= 0.6 is 0 Å². The van der Waals surface area contributed by atoms with Gasteiger partial charge in [0.2, 0.25) is 0 Å². The van der Waals surface area contributed by atoms with Crippen LogP contribution in [0.3, 0.4) is 0 Å². The van der Waals surface area contributed by atoms with Crippen LogP contribution in [0.15, 0.2) is 42.5 Å². The first kappa shape index (κ1) is 10.4. The zero-order valence-electron chi connectivity index (χ0n) is 8.98. The van der Waals surface area contributed by atoms with Crippen LogP contribution in [0.5, 0.6) is 0 Å². The average Bonchev–Trinajstić information content (AvgIpc) is 2.28. The Hall–Kier alpha value is -2.16. The molecule has 0 saturated carbocycles. The molecular weight excluding hydrogens is 198 g/mol. The molecule has 3 nitrogen and oxygen atoms in total. The quantitative estimate of drug-likeness (QED) is 0.668. The normalized spacial score (nSPS) is 10.2. The van der Waals surface area contributed by atoms with Crippen molar-refractivity contribution < 1.29 is 0 Å². The molecule has 0 aliphatic carbocycles. The molecule has 0 fully saturated rings. The lowest BCUT2D eigenvalue weighted by Gasteiger charge is -2.09. The molecule has 0 heterocycles. The summed E-state index contributed by atoms with van der Waals surface area (Å²) in [5, 5.41) is 0. The van der Waals surface area contributed by atoms with E-state index in [4.69, 9.17) is 17.2 Å². The first-order valence-corrected chi connectivity index (χ1v) is 5.14. The second-order valence-corrected chi connectivity index (χ2v) is 3.80. The zero-order chi connectivity index (χ0) is 11.5. The van der Waals surface area contributed by atoms with Gasteiger partial charge in [-0.05, 0) is 23.3 Å². The second-order valence-electron chi connectivity index (χ2n) is 3.80. The van der Waals surface area contributed by atoms with Crippen LogP contribution in [-0.2, 0) is 6.42 Å². The predicted molar refractivity (Wildman–Crippen MR) is 68.9 cm³/mol. The Balaban J connectivity index is 2.35. The summed E-state index contributed by atoms with van der Waals surface area (Å²) < 4.78 is 0. The van der Waals surface area contributed by atoms with Gasteiger partial charge in [-0.15, -0.1) is 0 Å². The van der Waals surface area contributed by atoms with Crippen molar-refractivity contribution in [2.75, 3.05) is 17.2 Å². The molecule has 16 heavy (non-hydrogen) atoms. The third-order valence-corrected chi connectivity index (χ3v) is 2.67. The Morgan fingerprint density at radius 3 is 2.06 bits per heavy atom. The van der Waals surface area contributed by atoms with E-state index in [1.165, 1.54) is 0 Å². The van der Waals surface area contributed by atoms with E-state index in [-0.39, 0.29) is 0 Å². The Kier molecular flexibility index (Phi) is 2.68. The Morgan fingerprint density at radius 1 is 0.688 bits per heavy atom. The maximum absolute atomic E-state index is 5.91. The van der Waals surface area contributed by atoms with Gasteiger partial charge in [0.1, 0.15) is 0 Å². The molecule has 2 rings (SSSR count). The van der Waals surface area contributed by atoms with Gasteiger partial charge in [-0.1, -0.05) is 30.3 Å². The van der Waals surface area contributed by atoms with E-state index in [2.05, 4.69) is 0 Å². The average molecular weight is 213 g/mol. The second kappa shape index (κ2) is 4.14. The number of nitrogen functional groups attached to an aromatic ring is 3. The van der Waals surface area contributed by atoms with Crippen molar-refractivity contribution in [1.29, 1.82) is 0 Å². The van der Waals surface area contributed by atoms with Gasteiger partial charge in [0.15, 0.2) is 0 Å². The maximum atomic E-state index is 5.91. The number of rotatable bonds is 2. The maximum Gasteiger partial charge on any atom is 0.0583 e. The van der Waals surface area contributed by atoms with E-state index < -0.39 is 0 Å². The molecule has 2 aromatic rings. The van der Waals surface area contributed by atoms with Gasteiger partial charge in [0, 0.05) is 12.1 Å². The van der Waals surface area contributed by atoms with Crippen molar-refractivity contribution >= 4 is 17.1 Å². The standard InChI is InChI=1S/C13H15N3/c14-11-6-2-1-4-9(11)8-10-5-3-7-12(15)13(10)16/h1-7H,8,14-16H2. The fourth-order valence-electron chi connectivity index (χ4n) is 1.69. The van der Waals surface area contributed by atoms with Crippen LogP contribution in [0, 0.1) is 0 Å². The SMILES string of the molecule is Nc1ccccc1Cc1cccc(N)c1N. The number of hydrogen-bond donors (Lipinski definition) is 3. The van der Waals surface area contributed by atoms with E-state index >= 15 is 0 Å². The fraction of sp³-hybridized carbons (Fsp3) is 0.0769. The zero-order valence-corrected chi connectivity index (χ0v) is 8.98. The largest absolute Gasteiger partial charge is 0.398 e. The van der Waals surface area contributed by atoms with Gasteiger partial charge < -0.3 is 17.2 Å². The molecule has 0 atom stereocenters. The summed E-state index contributed by atoms with van der Waals surface area (Å²) >= 11 is 0. The Morgan fingerprint density at radius 2 is 1.31 bits per heavy atom. The minimum absolute atomic E-state index is 0.618. The highest BCUT2D eigenvalue weighted by Crippen LogP contribution is 2.24. The van der Waals surface area contributed by atoms with Crippen LogP contribution < -0.4 is 17.2 Å². The molecule has 82 valence electrons. The van der Waals surface area contributed by atoms with E-state index in [1.54, 1.807) is 6.07 Å². The van der Waals surface area contributed by atoms with Crippen LogP contribution in [0.2, 0.25) is 0 Å². The summed E-state index contributed by atoms with van der Waals surface area (Å²) in [4.78, 5) is 0. The predicted octanol–water partition coefficient (Wildman–Crippen LogP) is 2.02. The first-order chi connectivity index (χ1) is 7.68. The van der Waals surface area contributed by atoms with Crippen molar-refractivity contribution in [3.8, 4) is 0 Å². The summed E-state index contributed by atoms with van der Waals surface area (Å²) in [6.07, 6.45) is 0.712. The highest BCUT2D eigenvalue weighted by molar-refractivity contribution is 5.68. The van der Waals surface area contributed by atoms with Crippen LogP contribution in [0.25, 0.3) is 0 Å². The molecule has 6 N–H and O–H groups in total. The van der Waals surface area contributed by atoms with Crippen LogP contribution in [0.4, 0.5) is 17.1 Å². The molecule has 0 bridgehead atoms. The van der Waals surface area contributed by atoms with Crippen molar-refractivity contribution in [3.63, 3.8) is 0 Å². The number of anilines is 3. The molecular formula is C13H15N3. The van der Waals surface area contributed by atoms with Crippen molar-refractivity contribution in [1.82, 2.24) is 0 Å². The Labute approximate surface area is 94.9 Å². The lowest BCUT2D eigenvalue weighted by atomic mass is 10.0. The van der Waals surface area contributed by atoms with E-state index in [9.17, 15) is 0 Å².